The van der Waals surface area contributed by atoms with Gasteiger partial charge in [-0.25, -0.2) is 0 Å². The summed E-state index contributed by atoms with van der Waals surface area (Å²) in [5.74, 6) is 0.0401. The summed E-state index contributed by atoms with van der Waals surface area (Å²) in [4.78, 5) is 10.0. The van der Waals surface area contributed by atoms with Crippen LogP contribution >= 0.6 is 28.3 Å². The van der Waals surface area contributed by atoms with Gasteiger partial charge in [-0.05, 0) is 6.07 Å². The molecule has 1 rings (SSSR count). The van der Waals surface area contributed by atoms with Crippen molar-refractivity contribution in [2.24, 2.45) is 0 Å². The number of nitrogens with zero attached hydrogens (tertiary/aromatic N) is 1. The summed E-state index contributed by atoms with van der Waals surface area (Å²) < 4.78 is 0.775. The number of nitro benzene ring substituents is 1. The van der Waals surface area contributed by atoms with Crippen molar-refractivity contribution in [3.63, 3.8) is 0 Å². The number of aromatic hydroxyl groups is 1. The maximum Gasteiger partial charge on any atom is 0.270 e. The van der Waals surface area contributed by atoms with E-state index in [1.54, 1.807) is 0 Å². The molecule has 0 fully saturated rings. The fourth-order valence-corrected chi connectivity index (χ4v) is 1.36. The van der Waals surface area contributed by atoms with Crippen LogP contribution in [0.3, 0.4) is 0 Å². The second-order valence-electron chi connectivity index (χ2n) is 3.19. The van der Waals surface area contributed by atoms with Crippen LogP contribution in [0.15, 0.2) is 29.3 Å². The Kier molecular flexibility index (Phi) is 6.79. The highest BCUT2D eigenvalue weighted by Crippen LogP contribution is 2.22. The second kappa shape index (κ2) is 7.26. The Morgan fingerprint density at radius 2 is 2.24 bits per heavy atom. The quantitative estimate of drug-likeness (QED) is 0.645. The molecule has 0 radical (unpaired) electrons. The Bertz CT molecular complexity index is 426. The summed E-state index contributed by atoms with van der Waals surface area (Å²) >= 11 is 3.18. The fourth-order valence-electron chi connectivity index (χ4n) is 1.16. The van der Waals surface area contributed by atoms with Crippen molar-refractivity contribution in [1.82, 2.24) is 5.32 Å². The van der Waals surface area contributed by atoms with Crippen molar-refractivity contribution in [3.8, 4) is 5.75 Å². The topological polar surface area (TPSA) is 75.4 Å². The van der Waals surface area contributed by atoms with Crippen LogP contribution in [-0.4, -0.2) is 16.6 Å². The monoisotopic (exact) mass is 322 g/mol. The molecule has 94 valence electrons. The SMILES string of the molecule is C=C(Br)CNCc1cc([N+](=O)[O-])ccc1O.Cl. The van der Waals surface area contributed by atoms with Gasteiger partial charge in [-0.2, -0.15) is 0 Å². The Morgan fingerprint density at radius 1 is 1.59 bits per heavy atom. The summed E-state index contributed by atoms with van der Waals surface area (Å²) in [5, 5.41) is 23.0. The Balaban J connectivity index is 0.00000256. The summed E-state index contributed by atoms with van der Waals surface area (Å²) in [6, 6.07) is 3.93. The molecular formula is C10H12BrClN2O3. The molecule has 0 atom stereocenters. The van der Waals surface area contributed by atoms with E-state index in [4.69, 9.17) is 0 Å². The standard InChI is InChI=1S/C10H11BrN2O3.ClH/c1-7(11)5-12-6-8-4-9(13(15)16)2-3-10(8)14;/h2-4,12,14H,1,5-6H2;1H. The van der Waals surface area contributed by atoms with Gasteiger partial charge in [-0.15, -0.1) is 12.4 Å². The Morgan fingerprint density at radius 3 is 2.76 bits per heavy atom. The van der Waals surface area contributed by atoms with Crippen LogP contribution in [0.5, 0.6) is 5.75 Å². The molecule has 5 nitrogen and oxygen atoms in total. The van der Waals surface area contributed by atoms with Gasteiger partial charge < -0.3 is 10.4 Å². The number of hydrogen-bond acceptors (Lipinski definition) is 4. The van der Waals surface area contributed by atoms with Gasteiger partial charge >= 0.3 is 0 Å². The highest BCUT2D eigenvalue weighted by Gasteiger charge is 2.09. The first-order valence-electron chi connectivity index (χ1n) is 4.51. The fraction of sp³-hybridized carbons (Fsp3) is 0.200. The molecule has 0 aliphatic rings. The third-order valence-electron chi connectivity index (χ3n) is 1.91. The first-order valence-corrected chi connectivity index (χ1v) is 5.30. The molecule has 1 aromatic rings. The molecule has 7 heteroatoms. The van der Waals surface area contributed by atoms with E-state index < -0.39 is 4.92 Å². The average Bonchev–Trinajstić information content (AvgIpc) is 2.20. The van der Waals surface area contributed by atoms with E-state index >= 15 is 0 Å². The van der Waals surface area contributed by atoms with Gasteiger partial charge in [0.15, 0.2) is 0 Å². The molecule has 0 saturated carbocycles. The van der Waals surface area contributed by atoms with Crippen LogP contribution in [0.4, 0.5) is 5.69 Å². The zero-order valence-electron chi connectivity index (χ0n) is 8.85. The number of benzene rings is 1. The first-order chi connectivity index (χ1) is 7.50. The van der Waals surface area contributed by atoms with E-state index in [1.165, 1.54) is 18.2 Å². The lowest BCUT2D eigenvalue weighted by Gasteiger charge is -2.05. The van der Waals surface area contributed by atoms with Crippen LogP contribution in [0.2, 0.25) is 0 Å². The van der Waals surface area contributed by atoms with E-state index in [9.17, 15) is 15.2 Å². The van der Waals surface area contributed by atoms with Crippen LogP contribution < -0.4 is 5.32 Å². The minimum absolute atomic E-state index is 0. The minimum Gasteiger partial charge on any atom is -0.508 e. The largest absolute Gasteiger partial charge is 0.508 e. The lowest BCUT2D eigenvalue weighted by atomic mass is 10.2. The van der Waals surface area contributed by atoms with E-state index in [0.29, 0.717) is 18.7 Å². The lowest BCUT2D eigenvalue weighted by molar-refractivity contribution is -0.384. The zero-order valence-corrected chi connectivity index (χ0v) is 11.3. The molecule has 0 amide bonds. The van der Waals surface area contributed by atoms with E-state index in [-0.39, 0.29) is 23.8 Å². The molecule has 0 aliphatic heterocycles. The number of rotatable bonds is 5. The van der Waals surface area contributed by atoms with E-state index in [0.717, 1.165) is 4.48 Å². The van der Waals surface area contributed by atoms with Gasteiger partial charge in [-0.3, -0.25) is 10.1 Å². The number of phenolic OH excluding ortho intramolecular Hbond substituents is 1. The molecule has 0 heterocycles. The van der Waals surface area contributed by atoms with Crippen LogP contribution in [0, 0.1) is 10.1 Å². The van der Waals surface area contributed by atoms with E-state index in [1.807, 2.05) is 0 Å². The Labute approximate surface area is 113 Å². The van der Waals surface area contributed by atoms with Crippen molar-refractivity contribution < 1.29 is 10.0 Å². The predicted molar refractivity (Wildman–Crippen MR) is 71.8 cm³/mol. The molecule has 1 aromatic carbocycles. The van der Waals surface area contributed by atoms with Gasteiger partial charge in [0.25, 0.3) is 5.69 Å². The van der Waals surface area contributed by atoms with Gasteiger partial charge in [0.2, 0.25) is 0 Å². The number of nitro groups is 1. The van der Waals surface area contributed by atoms with E-state index in [2.05, 4.69) is 27.8 Å². The first kappa shape index (κ1) is 15.9. The molecule has 0 spiro atoms. The minimum atomic E-state index is -0.494. The van der Waals surface area contributed by atoms with Crippen molar-refractivity contribution in [1.29, 1.82) is 0 Å². The van der Waals surface area contributed by atoms with Gasteiger partial charge in [0.05, 0.1) is 4.92 Å². The molecule has 0 saturated heterocycles. The maximum atomic E-state index is 10.5. The number of halogens is 2. The van der Waals surface area contributed by atoms with Crippen LogP contribution in [0.1, 0.15) is 5.56 Å². The highest BCUT2D eigenvalue weighted by molar-refractivity contribution is 9.11. The molecule has 0 aromatic heterocycles. The molecule has 0 unspecified atom stereocenters. The van der Waals surface area contributed by atoms with Crippen molar-refractivity contribution in [3.05, 3.63) is 44.9 Å². The third kappa shape index (κ3) is 5.16. The molecule has 0 aliphatic carbocycles. The van der Waals surface area contributed by atoms with Gasteiger partial charge in [0, 0.05) is 35.3 Å². The summed E-state index contributed by atoms with van der Waals surface area (Å²) in [5.41, 5.74) is 0.454. The number of hydrogen-bond donors (Lipinski definition) is 2. The summed E-state index contributed by atoms with van der Waals surface area (Å²) in [7, 11) is 0. The molecular weight excluding hydrogens is 311 g/mol. The van der Waals surface area contributed by atoms with Crippen molar-refractivity contribution in [2.75, 3.05) is 6.54 Å². The number of non-ortho nitro benzene ring substituents is 1. The second-order valence-corrected chi connectivity index (χ2v) is 4.31. The third-order valence-corrected chi connectivity index (χ3v) is 2.19. The molecule has 0 bridgehead atoms. The van der Waals surface area contributed by atoms with Crippen molar-refractivity contribution >= 4 is 34.0 Å². The Hall–Kier alpha value is -1.11. The van der Waals surface area contributed by atoms with Gasteiger partial charge in [-0.1, -0.05) is 22.5 Å². The van der Waals surface area contributed by atoms with Crippen LogP contribution in [0.25, 0.3) is 0 Å². The van der Waals surface area contributed by atoms with Crippen molar-refractivity contribution in [2.45, 2.75) is 6.54 Å². The lowest BCUT2D eigenvalue weighted by Crippen LogP contribution is -2.14. The smallest absolute Gasteiger partial charge is 0.270 e. The van der Waals surface area contributed by atoms with Crippen LogP contribution in [-0.2, 0) is 6.54 Å². The average molecular weight is 324 g/mol. The zero-order chi connectivity index (χ0) is 12.1. The van der Waals surface area contributed by atoms with Gasteiger partial charge in [0.1, 0.15) is 5.75 Å². The highest BCUT2D eigenvalue weighted by atomic mass is 79.9. The summed E-state index contributed by atoms with van der Waals surface area (Å²) in [6.07, 6.45) is 0. The molecule has 17 heavy (non-hydrogen) atoms. The molecule has 2 N–H and O–H groups in total. The number of phenols is 1. The predicted octanol–water partition coefficient (Wildman–Crippen LogP) is 2.72. The number of nitrogens with one attached hydrogen (secondary N) is 1. The maximum absolute atomic E-state index is 10.5. The normalized spacial score (nSPS) is 9.47. The summed E-state index contributed by atoms with van der Waals surface area (Å²) in [6.45, 7) is 4.51.